The van der Waals surface area contributed by atoms with Crippen LogP contribution in [0.2, 0.25) is 5.02 Å². The highest BCUT2D eigenvalue weighted by Gasteiger charge is 2.28. The fourth-order valence-corrected chi connectivity index (χ4v) is 3.69. The lowest BCUT2D eigenvalue weighted by atomic mass is 10.0. The fourth-order valence-electron chi connectivity index (χ4n) is 3.03. The van der Waals surface area contributed by atoms with Gasteiger partial charge in [-0.2, -0.15) is 9.61 Å². The largest absolute Gasteiger partial charge is 0.372 e. The van der Waals surface area contributed by atoms with Gasteiger partial charge < -0.3 is 4.74 Å². The smallest absolute Gasteiger partial charge is 0.350 e. The van der Waals surface area contributed by atoms with Crippen molar-refractivity contribution in [2.45, 2.75) is 24.1 Å². The molecule has 8 heteroatoms. The van der Waals surface area contributed by atoms with Crippen molar-refractivity contribution in [1.29, 1.82) is 0 Å². The van der Waals surface area contributed by atoms with E-state index in [0.717, 1.165) is 29.7 Å². The third kappa shape index (κ3) is 3.12. The summed E-state index contributed by atoms with van der Waals surface area (Å²) in [5.41, 5.74) is 2.54. The monoisotopic (exact) mass is 386 g/mol. The van der Waals surface area contributed by atoms with Crippen molar-refractivity contribution in [3.8, 4) is 23.5 Å². The second-order valence-corrected chi connectivity index (χ2v) is 7.24. The zero-order valence-electron chi connectivity index (χ0n) is 13.7. The average molecular weight is 387 g/mol. The molecule has 0 saturated carbocycles. The molecule has 0 aliphatic carbocycles. The van der Waals surface area contributed by atoms with Gasteiger partial charge in [-0.1, -0.05) is 41.4 Å². The van der Waals surface area contributed by atoms with Gasteiger partial charge in [0, 0.05) is 11.6 Å². The van der Waals surface area contributed by atoms with E-state index < -0.39 is 0 Å². The predicted octanol–water partition coefficient (Wildman–Crippen LogP) is 3.31. The Labute approximate surface area is 158 Å². The molecule has 26 heavy (non-hydrogen) atoms. The van der Waals surface area contributed by atoms with Crippen LogP contribution in [-0.4, -0.2) is 31.9 Å². The lowest BCUT2D eigenvalue weighted by Crippen LogP contribution is -2.19. The first-order chi connectivity index (χ1) is 12.7. The molecule has 1 saturated heterocycles. The summed E-state index contributed by atoms with van der Waals surface area (Å²) in [4.78, 5) is 19.8. The summed E-state index contributed by atoms with van der Waals surface area (Å²) >= 11 is 7.33. The number of fused-ring (bicyclic) bond motifs is 1. The van der Waals surface area contributed by atoms with Crippen molar-refractivity contribution >= 4 is 29.0 Å². The van der Waals surface area contributed by atoms with E-state index >= 15 is 0 Å². The molecule has 4 rings (SSSR count). The molecule has 1 atom stereocenters. The van der Waals surface area contributed by atoms with Gasteiger partial charge in [-0.15, -0.1) is 6.42 Å². The fraction of sp³-hybridized carbons (Fsp3) is 0.278. The van der Waals surface area contributed by atoms with E-state index in [2.05, 4.69) is 21.0 Å². The zero-order valence-corrected chi connectivity index (χ0v) is 15.3. The minimum atomic E-state index is -0.353. The van der Waals surface area contributed by atoms with Gasteiger partial charge in [-0.25, -0.2) is 9.78 Å². The minimum Gasteiger partial charge on any atom is -0.372 e. The topological polar surface area (TPSA) is 72.3 Å². The Morgan fingerprint density at radius 1 is 1.42 bits per heavy atom. The summed E-state index contributed by atoms with van der Waals surface area (Å²) in [5.74, 6) is 2.95. The molecule has 2 aromatic heterocycles. The molecular formula is C18H15ClN4O2S. The van der Waals surface area contributed by atoms with E-state index in [4.69, 9.17) is 22.8 Å². The zero-order chi connectivity index (χ0) is 18.1. The second-order valence-electron chi connectivity index (χ2n) is 5.84. The van der Waals surface area contributed by atoms with Gasteiger partial charge in [0.2, 0.25) is 0 Å². The summed E-state index contributed by atoms with van der Waals surface area (Å²) in [6, 6.07) is 7.41. The third-order valence-corrected chi connectivity index (χ3v) is 5.19. The van der Waals surface area contributed by atoms with Crippen LogP contribution in [0, 0.1) is 12.3 Å². The number of rotatable bonds is 4. The van der Waals surface area contributed by atoms with Crippen LogP contribution in [0.4, 0.5) is 0 Å². The van der Waals surface area contributed by atoms with Crippen LogP contribution in [0.25, 0.3) is 16.8 Å². The first kappa shape index (κ1) is 17.2. The molecular weight excluding hydrogens is 372 g/mol. The highest BCUT2D eigenvalue weighted by molar-refractivity contribution is 7.99. The minimum absolute atomic E-state index is 0.149. The van der Waals surface area contributed by atoms with Crippen molar-refractivity contribution < 1.29 is 4.74 Å². The Morgan fingerprint density at radius 3 is 2.92 bits per heavy atom. The van der Waals surface area contributed by atoms with Crippen LogP contribution in [0.15, 0.2) is 34.2 Å². The maximum atomic E-state index is 12.5. The van der Waals surface area contributed by atoms with Crippen molar-refractivity contribution in [3.05, 3.63) is 45.5 Å². The summed E-state index contributed by atoms with van der Waals surface area (Å²) in [6.07, 6.45) is 6.99. The van der Waals surface area contributed by atoms with Crippen molar-refractivity contribution in [2.75, 3.05) is 12.4 Å². The molecule has 132 valence electrons. The normalized spacial score (nSPS) is 16.8. The Hall–Kier alpha value is -2.27. The van der Waals surface area contributed by atoms with Gasteiger partial charge >= 0.3 is 5.69 Å². The predicted molar refractivity (Wildman–Crippen MR) is 102 cm³/mol. The summed E-state index contributed by atoms with van der Waals surface area (Å²) in [5, 5.41) is 5.62. The van der Waals surface area contributed by atoms with E-state index in [1.54, 1.807) is 12.1 Å². The number of nitrogens with one attached hydrogen (secondary N) is 1. The molecule has 1 aliphatic heterocycles. The van der Waals surface area contributed by atoms with Crippen LogP contribution >= 0.6 is 23.4 Å². The molecule has 1 aliphatic rings. The first-order valence-corrected chi connectivity index (χ1v) is 9.50. The van der Waals surface area contributed by atoms with Crippen molar-refractivity contribution in [2.24, 2.45) is 0 Å². The highest BCUT2D eigenvalue weighted by Crippen LogP contribution is 2.37. The van der Waals surface area contributed by atoms with Crippen LogP contribution in [0.3, 0.4) is 0 Å². The van der Waals surface area contributed by atoms with Crippen LogP contribution in [0.5, 0.6) is 0 Å². The maximum Gasteiger partial charge on any atom is 0.350 e. The lowest BCUT2D eigenvalue weighted by Gasteiger charge is -2.09. The number of aromatic nitrogens is 4. The highest BCUT2D eigenvalue weighted by atomic mass is 35.5. The van der Waals surface area contributed by atoms with Crippen molar-refractivity contribution in [3.63, 3.8) is 0 Å². The third-order valence-electron chi connectivity index (χ3n) is 4.16. The average Bonchev–Trinajstić information content (AvgIpc) is 3.28. The molecule has 1 fully saturated rings. The van der Waals surface area contributed by atoms with Crippen LogP contribution in [0.1, 0.15) is 24.6 Å². The van der Waals surface area contributed by atoms with Crippen LogP contribution in [-0.2, 0) is 4.74 Å². The maximum absolute atomic E-state index is 12.5. The van der Waals surface area contributed by atoms with Gasteiger partial charge in [-0.05, 0) is 30.5 Å². The van der Waals surface area contributed by atoms with Gasteiger partial charge in [0.05, 0.1) is 11.3 Å². The van der Waals surface area contributed by atoms with E-state index in [0.29, 0.717) is 28.2 Å². The number of ether oxygens (including phenoxy) is 1. The molecule has 0 amide bonds. The van der Waals surface area contributed by atoms with Gasteiger partial charge in [0.25, 0.3) is 0 Å². The number of thioether (sulfide) groups is 1. The molecule has 1 N–H and O–H groups in total. The Balaban J connectivity index is 1.95. The molecule has 0 spiro atoms. The quantitative estimate of drug-likeness (QED) is 0.550. The molecule has 6 nitrogen and oxygen atoms in total. The number of hydrogen-bond donors (Lipinski definition) is 1. The molecule has 1 aromatic carbocycles. The standard InChI is InChI=1S/C18H15ClN4O2S/c1-2-10-26-17-20-16-14(11-5-7-12(19)8-6-11)15(13-4-3-9-25-13)22-23(16)18(24)21-17/h1,5-8,13H,3-4,9-10H2,(H,20,21,24). The first-order valence-electron chi connectivity index (χ1n) is 8.14. The number of halogens is 1. The summed E-state index contributed by atoms with van der Waals surface area (Å²) in [7, 11) is 0. The van der Waals surface area contributed by atoms with E-state index in [9.17, 15) is 4.79 Å². The Kier molecular flexibility index (Phi) is 4.72. The molecule has 1 unspecified atom stereocenters. The second kappa shape index (κ2) is 7.16. The van der Waals surface area contributed by atoms with Gasteiger partial charge in [0.15, 0.2) is 10.8 Å². The van der Waals surface area contributed by atoms with Crippen LogP contribution < -0.4 is 5.69 Å². The number of benzene rings is 1. The SMILES string of the molecule is C#CCSc1nc2c(-c3ccc(Cl)cc3)c(C3CCCO3)nn2c(=O)[nH]1. The van der Waals surface area contributed by atoms with Crippen molar-refractivity contribution in [1.82, 2.24) is 19.6 Å². The van der Waals surface area contributed by atoms with E-state index in [1.165, 1.54) is 16.3 Å². The summed E-state index contributed by atoms with van der Waals surface area (Å²) < 4.78 is 7.11. The molecule has 0 bridgehead atoms. The number of nitrogens with zero attached hydrogens (tertiary/aromatic N) is 3. The molecule has 0 radical (unpaired) electrons. The number of hydrogen-bond acceptors (Lipinski definition) is 5. The Morgan fingerprint density at radius 2 is 2.23 bits per heavy atom. The van der Waals surface area contributed by atoms with Gasteiger partial charge in [-0.3, -0.25) is 4.98 Å². The van der Waals surface area contributed by atoms with E-state index in [-0.39, 0.29) is 11.8 Å². The van der Waals surface area contributed by atoms with E-state index in [1.807, 2.05) is 12.1 Å². The number of aromatic amines is 1. The summed E-state index contributed by atoms with van der Waals surface area (Å²) in [6.45, 7) is 0.686. The number of H-pyrrole nitrogens is 1. The molecule has 3 aromatic rings. The number of terminal acetylenes is 1. The lowest BCUT2D eigenvalue weighted by molar-refractivity contribution is 0.109. The Bertz CT molecular complexity index is 1050. The molecule has 3 heterocycles. The van der Waals surface area contributed by atoms with Gasteiger partial charge in [0.1, 0.15) is 11.8 Å².